The fourth-order valence-corrected chi connectivity index (χ4v) is 4.58. The lowest BCUT2D eigenvalue weighted by Crippen LogP contribution is -2.59. The largest absolute Gasteiger partial charge is 0.354 e. The van der Waals surface area contributed by atoms with Crippen molar-refractivity contribution >= 4 is 11.8 Å². The zero-order valence-corrected chi connectivity index (χ0v) is 15.6. The van der Waals surface area contributed by atoms with Gasteiger partial charge in [-0.05, 0) is 35.5 Å². The Kier molecular flexibility index (Phi) is 5.36. The number of nitrogens with one attached hydrogen (secondary N) is 2. The van der Waals surface area contributed by atoms with Crippen molar-refractivity contribution in [2.75, 3.05) is 0 Å². The van der Waals surface area contributed by atoms with Gasteiger partial charge in [0.05, 0.1) is 0 Å². The highest BCUT2D eigenvalue weighted by atomic mass is 16.2. The Morgan fingerprint density at radius 3 is 1.36 bits per heavy atom. The van der Waals surface area contributed by atoms with E-state index in [0.717, 1.165) is 19.3 Å². The normalized spacial score (nSPS) is 25.5. The number of rotatable bonds is 2. The second kappa shape index (κ2) is 6.21. The van der Waals surface area contributed by atoms with Gasteiger partial charge in [-0.1, -0.05) is 41.5 Å². The van der Waals surface area contributed by atoms with Gasteiger partial charge in [0.1, 0.15) is 0 Å². The first-order valence-electron chi connectivity index (χ1n) is 8.33. The molecule has 0 radical (unpaired) electrons. The molecule has 4 nitrogen and oxygen atoms in total. The van der Waals surface area contributed by atoms with Crippen LogP contribution < -0.4 is 10.6 Å². The van der Waals surface area contributed by atoms with Crippen LogP contribution in [0.4, 0.5) is 0 Å². The maximum absolute atomic E-state index is 11.6. The van der Waals surface area contributed by atoms with Gasteiger partial charge in [-0.25, -0.2) is 0 Å². The summed E-state index contributed by atoms with van der Waals surface area (Å²) < 4.78 is 0. The molecular weight excluding hydrogens is 276 g/mol. The Labute approximate surface area is 135 Å². The molecule has 1 saturated carbocycles. The molecule has 1 fully saturated rings. The van der Waals surface area contributed by atoms with Crippen LogP contribution in [0.3, 0.4) is 0 Å². The summed E-state index contributed by atoms with van der Waals surface area (Å²) in [6.07, 6.45) is 2.72. The van der Waals surface area contributed by atoms with E-state index in [1.807, 2.05) is 0 Å². The molecule has 1 aliphatic carbocycles. The van der Waals surface area contributed by atoms with Crippen molar-refractivity contribution in [1.82, 2.24) is 10.6 Å². The summed E-state index contributed by atoms with van der Waals surface area (Å²) in [5, 5.41) is 6.19. The molecule has 1 rings (SSSR count). The molecule has 22 heavy (non-hydrogen) atoms. The SMILES string of the molecule is CC(=O)NC1CC(NC(C)=O)CC(C(C)(C)C)(C(C)(C)C)C1. The Bertz CT molecular complexity index is 389. The molecule has 128 valence electrons. The van der Waals surface area contributed by atoms with Gasteiger partial charge in [0.2, 0.25) is 11.8 Å². The van der Waals surface area contributed by atoms with Crippen molar-refractivity contribution in [3.8, 4) is 0 Å². The molecule has 0 saturated heterocycles. The van der Waals surface area contributed by atoms with Crippen molar-refractivity contribution < 1.29 is 9.59 Å². The highest BCUT2D eigenvalue weighted by molar-refractivity contribution is 5.74. The van der Waals surface area contributed by atoms with Crippen LogP contribution in [0.1, 0.15) is 74.7 Å². The fraction of sp³-hybridized carbons (Fsp3) is 0.889. The molecule has 2 unspecified atom stereocenters. The molecule has 0 heterocycles. The van der Waals surface area contributed by atoms with Crippen LogP contribution >= 0.6 is 0 Å². The molecule has 0 aliphatic heterocycles. The Balaban J connectivity index is 3.22. The maximum atomic E-state index is 11.6. The van der Waals surface area contributed by atoms with Crippen molar-refractivity contribution in [1.29, 1.82) is 0 Å². The first-order chi connectivity index (χ1) is 9.78. The minimum absolute atomic E-state index is 0.00481. The van der Waals surface area contributed by atoms with E-state index in [2.05, 4.69) is 52.2 Å². The smallest absolute Gasteiger partial charge is 0.217 e. The van der Waals surface area contributed by atoms with Crippen LogP contribution in [0.15, 0.2) is 0 Å². The molecule has 0 aromatic heterocycles. The molecular formula is C18H34N2O2. The van der Waals surface area contributed by atoms with Crippen LogP contribution in [0.5, 0.6) is 0 Å². The Hall–Kier alpha value is -1.06. The van der Waals surface area contributed by atoms with Crippen LogP contribution in [-0.4, -0.2) is 23.9 Å². The molecule has 2 atom stereocenters. The third-order valence-corrected chi connectivity index (χ3v) is 5.44. The summed E-state index contributed by atoms with van der Waals surface area (Å²) in [6.45, 7) is 16.8. The van der Waals surface area contributed by atoms with E-state index in [4.69, 9.17) is 0 Å². The van der Waals surface area contributed by atoms with Crippen LogP contribution in [-0.2, 0) is 9.59 Å². The summed E-state index contributed by atoms with van der Waals surface area (Å²) >= 11 is 0. The average Bonchev–Trinajstić information content (AvgIpc) is 2.23. The summed E-state index contributed by atoms with van der Waals surface area (Å²) in [5.41, 5.74) is 0.205. The second-order valence-corrected chi connectivity index (χ2v) is 9.02. The van der Waals surface area contributed by atoms with Gasteiger partial charge >= 0.3 is 0 Å². The number of hydrogen-bond donors (Lipinski definition) is 2. The van der Waals surface area contributed by atoms with Gasteiger partial charge in [0.15, 0.2) is 0 Å². The fourth-order valence-electron chi connectivity index (χ4n) is 4.58. The first-order valence-corrected chi connectivity index (χ1v) is 8.33. The predicted molar refractivity (Wildman–Crippen MR) is 90.4 cm³/mol. The molecule has 0 aromatic carbocycles. The van der Waals surface area contributed by atoms with Crippen LogP contribution in [0, 0.1) is 16.2 Å². The number of carbonyl (C=O) groups excluding carboxylic acids is 2. The molecule has 2 N–H and O–H groups in total. The highest BCUT2D eigenvalue weighted by Crippen LogP contribution is 2.59. The van der Waals surface area contributed by atoms with E-state index in [0.29, 0.717) is 0 Å². The summed E-state index contributed by atoms with van der Waals surface area (Å²) in [4.78, 5) is 23.1. The Morgan fingerprint density at radius 2 is 1.14 bits per heavy atom. The van der Waals surface area contributed by atoms with Gasteiger partial charge in [-0.2, -0.15) is 0 Å². The van der Waals surface area contributed by atoms with E-state index in [1.165, 1.54) is 0 Å². The van der Waals surface area contributed by atoms with Gasteiger partial charge in [0, 0.05) is 25.9 Å². The second-order valence-electron chi connectivity index (χ2n) is 9.02. The molecule has 4 heteroatoms. The zero-order chi connectivity index (χ0) is 17.3. The molecule has 0 aromatic rings. The summed E-state index contributed by atoms with van der Waals surface area (Å²) in [7, 11) is 0. The van der Waals surface area contributed by atoms with E-state index >= 15 is 0 Å². The number of hydrogen-bond acceptors (Lipinski definition) is 2. The number of carbonyl (C=O) groups is 2. The lowest BCUT2D eigenvalue weighted by atomic mass is 9.47. The van der Waals surface area contributed by atoms with E-state index < -0.39 is 0 Å². The van der Waals surface area contributed by atoms with E-state index in [-0.39, 0.29) is 40.1 Å². The maximum Gasteiger partial charge on any atom is 0.217 e. The average molecular weight is 310 g/mol. The van der Waals surface area contributed by atoms with Gasteiger partial charge in [-0.3, -0.25) is 9.59 Å². The highest BCUT2D eigenvalue weighted by Gasteiger charge is 2.54. The quantitative estimate of drug-likeness (QED) is 0.822. The molecule has 2 amide bonds. The molecule has 0 bridgehead atoms. The van der Waals surface area contributed by atoms with Crippen molar-refractivity contribution in [2.45, 2.75) is 86.7 Å². The number of amides is 2. The standard InChI is InChI=1S/C18H34N2O2/c1-12(21)19-14-9-15(20-13(2)22)11-18(10-14,16(3,4)5)17(6,7)8/h14-15H,9-11H2,1-8H3,(H,19,21)(H,20,22). The third kappa shape index (κ3) is 4.02. The molecule has 1 aliphatic rings. The van der Waals surface area contributed by atoms with Crippen molar-refractivity contribution in [3.05, 3.63) is 0 Å². The minimum Gasteiger partial charge on any atom is -0.354 e. The zero-order valence-electron chi connectivity index (χ0n) is 15.6. The lowest BCUT2D eigenvalue weighted by molar-refractivity contribution is -0.125. The van der Waals surface area contributed by atoms with E-state index in [9.17, 15) is 9.59 Å². The van der Waals surface area contributed by atoms with Crippen LogP contribution in [0.25, 0.3) is 0 Å². The summed E-state index contributed by atoms with van der Waals surface area (Å²) in [6, 6.07) is 0.225. The van der Waals surface area contributed by atoms with Gasteiger partial charge in [0.25, 0.3) is 0 Å². The predicted octanol–water partition coefficient (Wildman–Crippen LogP) is 3.26. The lowest BCUT2D eigenvalue weighted by Gasteiger charge is -2.59. The first kappa shape index (κ1) is 19.0. The topological polar surface area (TPSA) is 58.2 Å². The molecule has 0 spiro atoms. The van der Waals surface area contributed by atoms with Crippen molar-refractivity contribution in [2.24, 2.45) is 16.2 Å². The van der Waals surface area contributed by atoms with Crippen molar-refractivity contribution in [3.63, 3.8) is 0 Å². The van der Waals surface area contributed by atoms with Gasteiger partial charge in [-0.15, -0.1) is 0 Å². The third-order valence-electron chi connectivity index (χ3n) is 5.44. The minimum atomic E-state index is 0.00481. The van der Waals surface area contributed by atoms with E-state index in [1.54, 1.807) is 13.8 Å². The monoisotopic (exact) mass is 310 g/mol. The summed E-state index contributed by atoms with van der Waals surface area (Å²) in [5.74, 6) is 0.00962. The van der Waals surface area contributed by atoms with Gasteiger partial charge < -0.3 is 10.6 Å². The van der Waals surface area contributed by atoms with Crippen LogP contribution in [0.2, 0.25) is 0 Å². The Morgan fingerprint density at radius 1 is 0.818 bits per heavy atom.